The maximum Gasteiger partial charge on any atom is 0.0466 e. The molecule has 16 heavy (non-hydrogen) atoms. The Bertz CT molecular complexity index is 98.0. The molecule has 0 aromatic heterocycles. The summed E-state index contributed by atoms with van der Waals surface area (Å²) < 4.78 is 5.57. The lowest BCUT2D eigenvalue weighted by molar-refractivity contribution is 0.126. The molecule has 0 heterocycles. The van der Waals surface area contributed by atoms with Crippen LogP contribution in [-0.2, 0) is 4.74 Å². The molecule has 0 saturated carbocycles. The van der Waals surface area contributed by atoms with Crippen LogP contribution >= 0.6 is 0 Å². The van der Waals surface area contributed by atoms with Crippen molar-refractivity contribution in [2.45, 2.75) is 77.6 Å². The van der Waals surface area contributed by atoms with E-state index in [-0.39, 0.29) is 0 Å². The fourth-order valence-electron chi connectivity index (χ4n) is 1.82. The van der Waals surface area contributed by atoms with Crippen molar-refractivity contribution in [3.05, 3.63) is 6.92 Å². The zero-order valence-corrected chi connectivity index (χ0v) is 11.3. The first-order chi connectivity index (χ1) is 7.91. The molecule has 0 spiro atoms. The average molecular weight is 227 g/mol. The van der Waals surface area contributed by atoms with E-state index in [1.807, 2.05) is 0 Å². The van der Waals surface area contributed by atoms with Gasteiger partial charge in [-0.05, 0) is 12.8 Å². The summed E-state index contributed by atoms with van der Waals surface area (Å²) in [7, 11) is 0. The fourth-order valence-corrected chi connectivity index (χ4v) is 1.82. The highest BCUT2D eigenvalue weighted by atomic mass is 16.5. The summed E-state index contributed by atoms with van der Waals surface area (Å²) in [6.07, 6.45) is 14.4. The molecule has 97 valence electrons. The van der Waals surface area contributed by atoms with Crippen LogP contribution < -0.4 is 0 Å². The maximum absolute atomic E-state index is 5.57. The van der Waals surface area contributed by atoms with Crippen LogP contribution in [0.1, 0.15) is 77.6 Å². The number of hydrogen-bond donors (Lipinski definition) is 0. The zero-order valence-electron chi connectivity index (χ0n) is 11.3. The van der Waals surface area contributed by atoms with Gasteiger partial charge in [-0.25, -0.2) is 0 Å². The van der Waals surface area contributed by atoms with Gasteiger partial charge in [-0.2, -0.15) is 0 Å². The number of hydrogen-bond acceptors (Lipinski definition) is 1. The fraction of sp³-hybridized carbons (Fsp3) is 0.933. The standard InChI is InChI=1S/C15H31O/c1-3-5-7-8-9-10-11-13-15-16-14-12-6-4-2/h1,3-15H2,2H3. The monoisotopic (exact) mass is 227 g/mol. The van der Waals surface area contributed by atoms with Gasteiger partial charge in [-0.15, -0.1) is 0 Å². The summed E-state index contributed by atoms with van der Waals surface area (Å²) >= 11 is 0. The van der Waals surface area contributed by atoms with Gasteiger partial charge in [0.1, 0.15) is 0 Å². The Morgan fingerprint density at radius 2 is 1.19 bits per heavy atom. The molecule has 0 amide bonds. The minimum absolute atomic E-state index is 0.970. The third kappa shape index (κ3) is 14.0. The van der Waals surface area contributed by atoms with E-state index >= 15 is 0 Å². The third-order valence-electron chi connectivity index (χ3n) is 2.93. The molecule has 0 saturated heterocycles. The van der Waals surface area contributed by atoms with Gasteiger partial charge in [0.15, 0.2) is 0 Å². The molecule has 0 N–H and O–H groups in total. The van der Waals surface area contributed by atoms with Crippen LogP contribution in [0.4, 0.5) is 0 Å². The molecule has 0 atom stereocenters. The van der Waals surface area contributed by atoms with Crippen molar-refractivity contribution in [2.24, 2.45) is 0 Å². The first-order valence-corrected chi connectivity index (χ1v) is 7.28. The molecule has 0 aliphatic heterocycles. The second-order valence-corrected chi connectivity index (χ2v) is 4.65. The van der Waals surface area contributed by atoms with Crippen molar-refractivity contribution in [2.75, 3.05) is 13.2 Å². The van der Waals surface area contributed by atoms with E-state index in [9.17, 15) is 0 Å². The van der Waals surface area contributed by atoms with Crippen LogP contribution in [0.3, 0.4) is 0 Å². The largest absolute Gasteiger partial charge is 0.381 e. The third-order valence-corrected chi connectivity index (χ3v) is 2.93. The van der Waals surface area contributed by atoms with E-state index in [0.717, 1.165) is 19.6 Å². The lowest BCUT2D eigenvalue weighted by Gasteiger charge is -2.04. The Hall–Kier alpha value is -0.0400. The number of ether oxygens (including phenoxy) is 1. The Morgan fingerprint density at radius 3 is 1.75 bits per heavy atom. The normalized spacial score (nSPS) is 10.9. The summed E-state index contributed by atoms with van der Waals surface area (Å²) in [5.74, 6) is 0. The smallest absolute Gasteiger partial charge is 0.0466 e. The van der Waals surface area contributed by atoms with Crippen LogP contribution in [0.2, 0.25) is 0 Å². The molecule has 0 bridgehead atoms. The van der Waals surface area contributed by atoms with Gasteiger partial charge in [-0.3, -0.25) is 0 Å². The van der Waals surface area contributed by atoms with Gasteiger partial charge in [0.2, 0.25) is 0 Å². The quantitative estimate of drug-likeness (QED) is 0.395. The van der Waals surface area contributed by atoms with E-state index in [1.165, 1.54) is 64.2 Å². The van der Waals surface area contributed by atoms with Crippen molar-refractivity contribution in [1.29, 1.82) is 0 Å². The highest BCUT2D eigenvalue weighted by molar-refractivity contribution is 4.47. The van der Waals surface area contributed by atoms with Crippen LogP contribution in [0.25, 0.3) is 0 Å². The maximum atomic E-state index is 5.57. The first kappa shape index (κ1) is 16.0. The minimum Gasteiger partial charge on any atom is -0.381 e. The molecule has 0 aromatic rings. The molecule has 1 nitrogen and oxygen atoms in total. The molecule has 1 radical (unpaired) electrons. The summed E-state index contributed by atoms with van der Waals surface area (Å²) in [5, 5.41) is 0. The second-order valence-electron chi connectivity index (χ2n) is 4.65. The molecule has 0 unspecified atom stereocenters. The SMILES string of the molecule is [CH2]CCCCCCCCCOCCCCC. The van der Waals surface area contributed by atoms with Crippen LogP contribution in [0.15, 0.2) is 0 Å². The molecule has 0 aromatic carbocycles. The highest BCUT2D eigenvalue weighted by Crippen LogP contribution is 2.08. The molecular formula is C15H31O. The lowest BCUT2D eigenvalue weighted by atomic mass is 10.1. The molecule has 1 heteroatoms. The van der Waals surface area contributed by atoms with Crippen molar-refractivity contribution >= 4 is 0 Å². The van der Waals surface area contributed by atoms with Crippen LogP contribution in [0.5, 0.6) is 0 Å². The Morgan fingerprint density at radius 1 is 0.688 bits per heavy atom. The van der Waals surface area contributed by atoms with E-state index in [0.29, 0.717) is 0 Å². The Kier molecular flexibility index (Phi) is 14.9. The van der Waals surface area contributed by atoms with Gasteiger partial charge >= 0.3 is 0 Å². The predicted octanol–water partition coefficient (Wildman–Crippen LogP) is 5.15. The van der Waals surface area contributed by atoms with Crippen molar-refractivity contribution in [3.8, 4) is 0 Å². The van der Waals surface area contributed by atoms with Crippen molar-refractivity contribution < 1.29 is 4.74 Å². The van der Waals surface area contributed by atoms with Gasteiger partial charge in [0.05, 0.1) is 0 Å². The number of unbranched alkanes of at least 4 members (excludes halogenated alkanes) is 9. The Balaban J connectivity index is 2.83. The van der Waals surface area contributed by atoms with E-state index in [4.69, 9.17) is 4.74 Å². The van der Waals surface area contributed by atoms with E-state index < -0.39 is 0 Å². The van der Waals surface area contributed by atoms with Crippen LogP contribution in [-0.4, -0.2) is 13.2 Å². The summed E-state index contributed by atoms with van der Waals surface area (Å²) in [4.78, 5) is 0. The molecule has 0 aliphatic rings. The van der Waals surface area contributed by atoms with Gasteiger partial charge in [0.25, 0.3) is 0 Å². The van der Waals surface area contributed by atoms with Gasteiger partial charge in [-0.1, -0.05) is 71.6 Å². The topological polar surface area (TPSA) is 9.23 Å². The first-order valence-electron chi connectivity index (χ1n) is 7.28. The average Bonchev–Trinajstić information content (AvgIpc) is 2.31. The molecular weight excluding hydrogens is 196 g/mol. The summed E-state index contributed by atoms with van der Waals surface area (Å²) in [5.41, 5.74) is 0. The summed E-state index contributed by atoms with van der Waals surface area (Å²) in [6, 6.07) is 0. The van der Waals surface area contributed by atoms with E-state index in [1.54, 1.807) is 0 Å². The second kappa shape index (κ2) is 15.0. The molecule has 0 aliphatic carbocycles. The van der Waals surface area contributed by atoms with Crippen molar-refractivity contribution in [1.82, 2.24) is 0 Å². The van der Waals surface area contributed by atoms with Crippen LogP contribution in [0, 0.1) is 6.92 Å². The van der Waals surface area contributed by atoms with E-state index in [2.05, 4.69) is 13.8 Å². The van der Waals surface area contributed by atoms with Gasteiger partial charge in [0, 0.05) is 13.2 Å². The van der Waals surface area contributed by atoms with Gasteiger partial charge < -0.3 is 4.74 Å². The minimum atomic E-state index is 0.970. The zero-order chi connectivity index (χ0) is 11.9. The summed E-state index contributed by atoms with van der Waals surface area (Å²) in [6.45, 7) is 8.03. The highest BCUT2D eigenvalue weighted by Gasteiger charge is 1.92. The molecule has 0 fully saturated rings. The lowest BCUT2D eigenvalue weighted by Crippen LogP contribution is -1.96. The predicted molar refractivity (Wildman–Crippen MR) is 72.6 cm³/mol. The number of rotatable bonds is 13. The Labute approximate surface area is 103 Å². The molecule has 0 rings (SSSR count). The van der Waals surface area contributed by atoms with Crippen molar-refractivity contribution in [3.63, 3.8) is 0 Å².